The highest BCUT2D eigenvalue weighted by atomic mass is 35.5. The summed E-state index contributed by atoms with van der Waals surface area (Å²) in [5.41, 5.74) is 4.50. The number of rotatable bonds is 2. The van der Waals surface area contributed by atoms with Crippen LogP contribution in [0, 0.1) is 0 Å². The summed E-state index contributed by atoms with van der Waals surface area (Å²) < 4.78 is 0. The first-order valence-electron chi connectivity index (χ1n) is 9.07. The van der Waals surface area contributed by atoms with Crippen LogP contribution in [0.1, 0.15) is 0 Å². The topological polar surface area (TPSA) is 33.1 Å². The third kappa shape index (κ3) is 2.79. The Kier molecular flexibility index (Phi) is 4.00. The maximum atomic E-state index is 10.8. The molecule has 1 heterocycles. The van der Waals surface area contributed by atoms with Crippen LogP contribution in [0.5, 0.6) is 5.75 Å². The molecule has 0 fully saturated rings. The minimum Gasteiger partial charge on any atom is -0.507 e. The van der Waals surface area contributed by atoms with Gasteiger partial charge in [0.15, 0.2) is 0 Å². The first kappa shape index (κ1) is 16.8. The lowest BCUT2D eigenvalue weighted by Crippen LogP contribution is -1.91. The van der Waals surface area contributed by atoms with Crippen LogP contribution in [0.3, 0.4) is 0 Å². The molecular weight excluding hydrogens is 366 g/mol. The zero-order valence-electron chi connectivity index (χ0n) is 14.9. The summed E-state index contributed by atoms with van der Waals surface area (Å²) in [6.45, 7) is 0. The largest absolute Gasteiger partial charge is 0.507 e. The number of fused-ring (bicyclic) bond motifs is 2. The highest BCUT2D eigenvalue weighted by Gasteiger charge is 2.15. The Morgan fingerprint density at radius 2 is 1.43 bits per heavy atom. The predicted molar refractivity (Wildman–Crippen MR) is 117 cm³/mol. The highest BCUT2D eigenvalue weighted by molar-refractivity contribution is 6.30. The monoisotopic (exact) mass is 381 g/mol. The van der Waals surface area contributed by atoms with E-state index in [0.717, 1.165) is 44.1 Å². The molecule has 0 saturated heterocycles. The standard InChI is InChI=1S/C25H16ClNO/c26-18-12-9-17(10-13-18)23-15-21(20-7-3-4-8-22(20)27-23)25-19-6-2-1-5-16(19)11-14-24(25)28/h1-15,28H. The molecule has 3 heteroatoms. The van der Waals surface area contributed by atoms with Gasteiger partial charge in [-0.3, -0.25) is 0 Å². The van der Waals surface area contributed by atoms with Gasteiger partial charge in [0.05, 0.1) is 11.2 Å². The van der Waals surface area contributed by atoms with Gasteiger partial charge in [-0.2, -0.15) is 0 Å². The second-order valence-corrected chi connectivity index (χ2v) is 7.20. The van der Waals surface area contributed by atoms with Crippen LogP contribution in [0.4, 0.5) is 0 Å². The Morgan fingerprint density at radius 1 is 0.714 bits per heavy atom. The van der Waals surface area contributed by atoms with E-state index in [1.807, 2.05) is 78.9 Å². The summed E-state index contributed by atoms with van der Waals surface area (Å²) in [4.78, 5) is 4.85. The van der Waals surface area contributed by atoms with E-state index in [1.54, 1.807) is 6.07 Å². The number of para-hydroxylation sites is 1. The second-order valence-electron chi connectivity index (χ2n) is 6.76. The minimum atomic E-state index is 0.261. The van der Waals surface area contributed by atoms with E-state index in [4.69, 9.17) is 16.6 Å². The number of pyridine rings is 1. The number of aromatic hydroxyl groups is 1. The maximum Gasteiger partial charge on any atom is 0.124 e. The van der Waals surface area contributed by atoms with Crippen LogP contribution in [-0.2, 0) is 0 Å². The van der Waals surface area contributed by atoms with E-state index < -0.39 is 0 Å². The molecule has 134 valence electrons. The highest BCUT2D eigenvalue weighted by Crippen LogP contribution is 2.41. The number of halogens is 1. The molecule has 28 heavy (non-hydrogen) atoms. The molecule has 0 atom stereocenters. The van der Waals surface area contributed by atoms with E-state index >= 15 is 0 Å². The van der Waals surface area contributed by atoms with Gasteiger partial charge in [-0.15, -0.1) is 0 Å². The molecule has 0 amide bonds. The number of hydrogen-bond acceptors (Lipinski definition) is 2. The SMILES string of the molecule is Oc1ccc2ccccc2c1-c1cc(-c2ccc(Cl)cc2)nc2ccccc12. The summed E-state index contributed by atoms with van der Waals surface area (Å²) in [5, 5.41) is 14.6. The van der Waals surface area contributed by atoms with Crippen molar-refractivity contribution in [1.29, 1.82) is 0 Å². The molecule has 0 spiro atoms. The predicted octanol–water partition coefficient (Wildman–Crippen LogP) is 7.08. The third-order valence-electron chi connectivity index (χ3n) is 5.03. The number of benzene rings is 4. The van der Waals surface area contributed by atoms with Crippen LogP contribution in [-0.4, -0.2) is 10.1 Å². The number of aromatic nitrogens is 1. The molecule has 0 unspecified atom stereocenters. The van der Waals surface area contributed by atoms with Gasteiger partial charge < -0.3 is 5.11 Å². The molecule has 5 aromatic rings. The molecule has 0 radical (unpaired) electrons. The van der Waals surface area contributed by atoms with Crippen molar-refractivity contribution in [1.82, 2.24) is 4.98 Å². The summed E-state index contributed by atoms with van der Waals surface area (Å²) in [7, 11) is 0. The molecule has 0 aliphatic carbocycles. The van der Waals surface area contributed by atoms with E-state index in [2.05, 4.69) is 6.07 Å². The van der Waals surface area contributed by atoms with Crippen molar-refractivity contribution < 1.29 is 5.11 Å². The van der Waals surface area contributed by atoms with Crippen LogP contribution in [0.15, 0.2) is 91.0 Å². The normalized spacial score (nSPS) is 11.2. The van der Waals surface area contributed by atoms with Crippen molar-refractivity contribution in [2.75, 3.05) is 0 Å². The Morgan fingerprint density at radius 3 is 2.25 bits per heavy atom. The molecule has 0 saturated carbocycles. The van der Waals surface area contributed by atoms with Crippen molar-refractivity contribution in [2.45, 2.75) is 0 Å². The van der Waals surface area contributed by atoms with Crippen LogP contribution in [0.25, 0.3) is 44.1 Å². The zero-order valence-corrected chi connectivity index (χ0v) is 15.7. The molecular formula is C25H16ClNO. The Hall–Kier alpha value is -3.36. The second kappa shape index (κ2) is 6.66. The number of phenolic OH excluding ortho intramolecular Hbond substituents is 1. The van der Waals surface area contributed by atoms with Crippen molar-refractivity contribution in [3.63, 3.8) is 0 Å². The minimum absolute atomic E-state index is 0.261. The van der Waals surface area contributed by atoms with Gasteiger partial charge in [0.1, 0.15) is 5.75 Å². The molecule has 0 aliphatic rings. The fraction of sp³-hybridized carbons (Fsp3) is 0. The van der Waals surface area contributed by atoms with Gasteiger partial charge >= 0.3 is 0 Å². The molecule has 0 bridgehead atoms. The molecule has 5 rings (SSSR count). The van der Waals surface area contributed by atoms with Crippen molar-refractivity contribution >= 4 is 33.3 Å². The number of nitrogens with zero attached hydrogens (tertiary/aromatic N) is 1. The van der Waals surface area contributed by atoms with Gasteiger partial charge in [0.25, 0.3) is 0 Å². The zero-order chi connectivity index (χ0) is 19.1. The lowest BCUT2D eigenvalue weighted by atomic mass is 9.93. The maximum absolute atomic E-state index is 10.8. The fourth-order valence-corrected chi connectivity index (χ4v) is 3.82. The summed E-state index contributed by atoms with van der Waals surface area (Å²) in [6, 6.07) is 29.5. The molecule has 0 aliphatic heterocycles. The van der Waals surface area contributed by atoms with Gasteiger partial charge in [-0.05, 0) is 46.7 Å². The Labute approximate surface area is 167 Å². The number of phenols is 1. The third-order valence-corrected chi connectivity index (χ3v) is 5.28. The first-order chi connectivity index (χ1) is 13.7. The first-order valence-corrected chi connectivity index (χ1v) is 9.45. The average molecular weight is 382 g/mol. The van der Waals surface area contributed by atoms with Gasteiger partial charge in [0, 0.05) is 21.5 Å². The summed E-state index contributed by atoms with van der Waals surface area (Å²) >= 11 is 6.05. The van der Waals surface area contributed by atoms with Crippen molar-refractivity contribution in [3.8, 4) is 28.1 Å². The van der Waals surface area contributed by atoms with Gasteiger partial charge in [-0.1, -0.05) is 72.3 Å². The average Bonchev–Trinajstić information content (AvgIpc) is 2.73. The van der Waals surface area contributed by atoms with Crippen molar-refractivity contribution in [2.24, 2.45) is 0 Å². The smallest absolute Gasteiger partial charge is 0.124 e. The van der Waals surface area contributed by atoms with E-state index in [9.17, 15) is 5.11 Å². The summed E-state index contributed by atoms with van der Waals surface area (Å²) in [5.74, 6) is 0.261. The van der Waals surface area contributed by atoms with E-state index in [1.165, 1.54) is 0 Å². The molecule has 1 N–H and O–H groups in total. The van der Waals surface area contributed by atoms with Gasteiger partial charge in [0.2, 0.25) is 0 Å². The van der Waals surface area contributed by atoms with E-state index in [0.29, 0.717) is 5.02 Å². The van der Waals surface area contributed by atoms with E-state index in [-0.39, 0.29) is 5.75 Å². The Balaban J connectivity index is 1.87. The Bertz CT molecular complexity index is 1330. The van der Waals surface area contributed by atoms with Crippen LogP contribution >= 0.6 is 11.6 Å². The lowest BCUT2D eigenvalue weighted by molar-refractivity contribution is 0.478. The fourth-order valence-electron chi connectivity index (χ4n) is 3.69. The molecule has 4 aromatic carbocycles. The van der Waals surface area contributed by atoms with Crippen molar-refractivity contribution in [3.05, 3.63) is 96.0 Å². The molecule has 1 aromatic heterocycles. The molecule has 2 nitrogen and oxygen atoms in total. The van der Waals surface area contributed by atoms with Gasteiger partial charge in [-0.25, -0.2) is 4.98 Å². The number of hydrogen-bond donors (Lipinski definition) is 1. The van der Waals surface area contributed by atoms with Crippen LogP contribution in [0.2, 0.25) is 5.02 Å². The van der Waals surface area contributed by atoms with Crippen LogP contribution < -0.4 is 0 Å². The quantitative estimate of drug-likeness (QED) is 0.354. The lowest BCUT2D eigenvalue weighted by Gasteiger charge is -2.14. The summed E-state index contributed by atoms with van der Waals surface area (Å²) in [6.07, 6.45) is 0.